The maximum absolute atomic E-state index is 10.2. The van der Waals surface area contributed by atoms with Gasteiger partial charge < -0.3 is 9.67 Å². The van der Waals surface area contributed by atoms with E-state index in [1.54, 1.807) is 0 Å². The normalized spacial score (nSPS) is 49.1. The average molecular weight is 341 g/mol. The molecule has 0 radical (unpaired) electrons. The molecule has 3 saturated carbocycles. The number of fused-ring (bicyclic) bond motifs is 5. The molecule has 0 spiro atoms. The summed E-state index contributed by atoms with van der Waals surface area (Å²) in [4.78, 5) is 4.29. The van der Waals surface area contributed by atoms with E-state index in [9.17, 15) is 5.11 Å². The number of allylic oxidation sites excluding steroid dienone is 2. The van der Waals surface area contributed by atoms with Crippen molar-refractivity contribution in [3.63, 3.8) is 0 Å². The summed E-state index contributed by atoms with van der Waals surface area (Å²) in [5.74, 6) is 3.29. The standard InChI is InChI=1S/C22H32N2O/c1-21-9-7-16(25)13-15(21)3-4-17-18-5-6-20(24-12-11-23-14-24)22(18,2)10-8-19(17)21/h6,11-12,14-19,25H,3-5,7-10,13H2,1-2H3. The van der Waals surface area contributed by atoms with Crippen molar-refractivity contribution in [1.82, 2.24) is 9.55 Å². The third-order valence-electron chi connectivity index (χ3n) is 8.96. The van der Waals surface area contributed by atoms with Crippen molar-refractivity contribution in [3.05, 3.63) is 24.8 Å². The van der Waals surface area contributed by atoms with Gasteiger partial charge in [0.15, 0.2) is 0 Å². The van der Waals surface area contributed by atoms with E-state index in [4.69, 9.17) is 0 Å². The molecule has 1 heterocycles. The van der Waals surface area contributed by atoms with Gasteiger partial charge in [-0.05, 0) is 80.5 Å². The first kappa shape index (κ1) is 16.1. The van der Waals surface area contributed by atoms with Crippen molar-refractivity contribution in [2.75, 3.05) is 0 Å². The van der Waals surface area contributed by atoms with Crippen molar-refractivity contribution in [3.8, 4) is 0 Å². The summed E-state index contributed by atoms with van der Waals surface area (Å²) in [6.07, 6.45) is 18.4. The predicted molar refractivity (Wildman–Crippen MR) is 99.6 cm³/mol. The van der Waals surface area contributed by atoms with Crippen LogP contribution in [0.1, 0.15) is 65.2 Å². The first-order valence-corrected chi connectivity index (χ1v) is 10.4. The molecule has 0 saturated heterocycles. The van der Waals surface area contributed by atoms with Crippen molar-refractivity contribution in [1.29, 1.82) is 0 Å². The summed E-state index contributed by atoms with van der Waals surface area (Å²) in [6.45, 7) is 5.09. The first-order valence-electron chi connectivity index (χ1n) is 10.4. The summed E-state index contributed by atoms with van der Waals surface area (Å²) >= 11 is 0. The molecule has 1 aromatic heterocycles. The number of aliphatic hydroxyl groups excluding tert-OH is 1. The van der Waals surface area contributed by atoms with E-state index in [-0.39, 0.29) is 6.10 Å². The van der Waals surface area contributed by atoms with Crippen LogP contribution in [0.25, 0.3) is 5.70 Å². The Hall–Kier alpha value is -1.09. The molecule has 5 rings (SSSR count). The number of rotatable bonds is 1. The number of aliphatic hydroxyl groups is 1. The molecule has 4 aliphatic rings. The van der Waals surface area contributed by atoms with E-state index in [1.165, 1.54) is 44.2 Å². The molecule has 3 nitrogen and oxygen atoms in total. The Balaban J connectivity index is 1.44. The topological polar surface area (TPSA) is 38.0 Å². The zero-order valence-electron chi connectivity index (χ0n) is 15.7. The van der Waals surface area contributed by atoms with Crippen molar-refractivity contribution in [2.24, 2.45) is 34.5 Å². The monoisotopic (exact) mass is 340 g/mol. The lowest BCUT2D eigenvalue weighted by Crippen LogP contribution is -2.53. The van der Waals surface area contributed by atoms with Gasteiger partial charge in [-0.15, -0.1) is 0 Å². The number of nitrogens with zero attached hydrogens (tertiary/aromatic N) is 2. The fourth-order valence-corrected chi connectivity index (χ4v) is 7.58. The number of aromatic nitrogens is 2. The Morgan fingerprint density at radius 2 is 2.00 bits per heavy atom. The van der Waals surface area contributed by atoms with Crippen LogP contribution in [0.5, 0.6) is 0 Å². The van der Waals surface area contributed by atoms with Gasteiger partial charge >= 0.3 is 0 Å². The second kappa shape index (κ2) is 5.45. The minimum atomic E-state index is -0.0375. The Morgan fingerprint density at radius 1 is 1.12 bits per heavy atom. The molecule has 3 heteroatoms. The third-order valence-corrected chi connectivity index (χ3v) is 8.96. The lowest BCUT2D eigenvalue weighted by atomic mass is 9.45. The Labute approximate surface area is 151 Å². The van der Waals surface area contributed by atoms with Crippen molar-refractivity contribution < 1.29 is 5.11 Å². The number of imidazole rings is 1. The molecule has 3 fully saturated rings. The third kappa shape index (κ3) is 2.17. The minimum Gasteiger partial charge on any atom is -0.393 e. The van der Waals surface area contributed by atoms with E-state index in [0.717, 1.165) is 36.5 Å². The van der Waals surface area contributed by atoms with Gasteiger partial charge in [0.25, 0.3) is 0 Å². The molecule has 136 valence electrons. The lowest BCUT2D eigenvalue weighted by Gasteiger charge is -2.60. The zero-order valence-corrected chi connectivity index (χ0v) is 15.7. The molecule has 0 amide bonds. The highest BCUT2D eigenvalue weighted by Crippen LogP contribution is 2.66. The maximum atomic E-state index is 10.2. The highest BCUT2D eigenvalue weighted by atomic mass is 16.3. The van der Waals surface area contributed by atoms with Crippen LogP contribution in [0.15, 0.2) is 24.8 Å². The van der Waals surface area contributed by atoms with Gasteiger partial charge in [0.05, 0.1) is 12.4 Å². The maximum Gasteiger partial charge on any atom is 0.0989 e. The second-order valence-electron chi connectivity index (χ2n) is 9.84. The smallest absolute Gasteiger partial charge is 0.0989 e. The van der Waals surface area contributed by atoms with Crippen molar-refractivity contribution >= 4 is 5.70 Å². The van der Waals surface area contributed by atoms with E-state index < -0.39 is 0 Å². The van der Waals surface area contributed by atoms with Gasteiger partial charge in [-0.3, -0.25) is 0 Å². The Bertz CT molecular complexity index is 680. The molecule has 7 atom stereocenters. The van der Waals surface area contributed by atoms with Crippen LogP contribution in [0.2, 0.25) is 0 Å². The first-order chi connectivity index (χ1) is 12.0. The van der Waals surface area contributed by atoms with Gasteiger partial charge in [-0.25, -0.2) is 4.98 Å². The predicted octanol–water partition coefficient (Wildman–Crippen LogP) is 4.74. The van der Waals surface area contributed by atoms with Gasteiger partial charge in [-0.2, -0.15) is 0 Å². The van der Waals surface area contributed by atoms with Crippen LogP contribution in [0, 0.1) is 34.5 Å². The largest absolute Gasteiger partial charge is 0.393 e. The van der Waals surface area contributed by atoms with Gasteiger partial charge in [0.1, 0.15) is 0 Å². The summed E-state index contributed by atoms with van der Waals surface area (Å²) in [5, 5.41) is 10.2. The molecule has 7 unspecified atom stereocenters. The molecular formula is C22H32N2O. The van der Waals surface area contributed by atoms with Crippen LogP contribution < -0.4 is 0 Å². The molecule has 4 aliphatic carbocycles. The highest BCUT2D eigenvalue weighted by Gasteiger charge is 2.58. The Kier molecular flexibility index (Phi) is 3.51. The van der Waals surface area contributed by atoms with Crippen LogP contribution in [-0.4, -0.2) is 20.8 Å². The van der Waals surface area contributed by atoms with Gasteiger partial charge in [-0.1, -0.05) is 19.9 Å². The SMILES string of the molecule is CC12CCC3C(CCC4CC(O)CCC43C)C1CC=C2n1ccnc1. The van der Waals surface area contributed by atoms with Crippen molar-refractivity contribution in [2.45, 2.75) is 71.3 Å². The summed E-state index contributed by atoms with van der Waals surface area (Å²) in [7, 11) is 0. The average Bonchev–Trinajstić information content (AvgIpc) is 3.22. The summed E-state index contributed by atoms with van der Waals surface area (Å²) < 4.78 is 2.27. The van der Waals surface area contributed by atoms with Gasteiger partial charge in [0, 0.05) is 23.5 Å². The minimum absolute atomic E-state index is 0.0375. The lowest BCUT2D eigenvalue weighted by molar-refractivity contribution is -0.115. The molecule has 0 bridgehead atoms. The number of hydrogen-bond donors (Lipinski definition) is 1. The summed E-state index contributed by atoms with van der Waals surface area (Å²) in [6, 6.07) is 0. The molecule has 1 N–H and O–H groups in total. The quantitative estimate of drug-likeness (QED) is 0.802. The zero-order chi connectivity index (χ0) is 17.2. The Morgan fingerprint density at radius 3 is 2.80 bits per heavy atom. The molecule has 0 aromatic carbocycles. The second-order valence-corrected chi connectivity index (χ2v) is 9.84. The molecule has 25 heavy (non-hydrogen) atoms. The van der Waals surface area contributed by atoms with E-state index >= 15 is 0 Å². The highest BCUT2D eigenvalue weighted by molar-refractivity contribution is 5.56. The fourth-order valence-electron chi connectivity index (χ4n) is 7.58. The van der Waals surface area contributed by atoms with E-state index in [1.807, 2.05) is 12.5 Å². The summed E-state index contributed by atoms with van der Waals surface area (Å²) in [5.41, 5.74) is 2.29. The van der Waals surface area contributed by atoms with Crippen LogP contribution in [-0.2, 0) is 0 Å². The van der Waals surface area contributed by atoms with Crippen LogP contribution in [0.3, 0.4) is 0 Å². The molecule has 1 aromatic rings. The van der Waals surface area contributed by atoms with E-state index in [2.05, 4.69) is 35.7 Å². The fraction of sp³-hybridized carbons (Fsp3) is 0.773. The van der Waals surface area contributed by atoms with E-state index in [0.29, 0.717) is 10.8 Å². The molecular weight excluding hydrogens is 308 g/mol. The van der Waals surface area contributed by atoms with Crippen LogP contribution in [0.4, 0.5) is 0 Å². The van der Waals surface area contributed by atoms with Crippen LogP contribution >= 0.6 is 0 Å². The van der Waals surface area contributed by atoms with Gasteiger partial charge in [0.2, 0.25) is 0 Å². The molecule has 0 aliphatic heterocycles. The number of hydrogen-bond acceptors (Lipinski definition) is 2.